The first-order chi connectivity index (χ1) is 25.3. The largest absolute Gasteiger partial charge is 0.496 e. The van der Waals surface area contributed by atoms with Gasteiger partial charge in [-0.25, -0.2) is 13.2 Å². The number of nitrogens with zero attached hydrogens (tertiary/aromatic N) is 1. The number of hydroxylamine groups is 2. The van der Waals surface area contributed by atoms with E-state index in [1.807, 2.05) is 0 Å². The topological polar surface area (TPSA) is 178 Å². The van der Waals surface area contributed by atoms with Crippen LogP contribution in [0.5, 0.6) is 23.0 Å². The van der Waals surface area contributed by atoms with Crippen LogP contribution in [0.15, 0.2) is 60.0 Å². The zero-order chi connectivity index (χ0) is 38.5. The molecule has 1 aliphatic rings. The van der Waals surface area contributed by atoms with Crippen molar-refractivity contribution in [3.63, 3.8) is 0 Å². The summed E-state index contributed by atoms with van der Waals surface area (Å²) >= 11 is 0. The number of benzene rings is 3. The second-order valence-corrected chi connectivity index (χ2v) is 13.9. The average molecular weight is 752 g/mol. The van der Waals surface area contributed by atoms with E-state index in [4.69, 9.17) is 28.5 Å². The van der Waals surface area contributed by atoms with Crippen LogP contribution in [0, 0.1) is 0 Å². The van der Waals surface area contributed by atoms with Crippen LogP contribution >= 0.6 is 0 Å². The highest BCUT2D eigenvalue weighted by molar-refractivity contribution is 7.93. The van der Waals surface area contributed by atoms with Crippen LogP contribution in [0.1, 0.15) is 59.9 Å². The molecule has 4 rings (SSSR count). The molecular weight excluding hydrogens is 710 g/mol. The molecule has 0 radical (unpaired) electrons. The molecule has 1 fully saturated rings. The Balaban J connectivity index is 1.27. The molecule has 0 unspecified atom stereocenters. The molecule has 1 saturated heterocycles. The Kier molecular flexibility index (Phi) is 14.1. The van der Waals surface area contributed by atoms with Gasteiger partial charge < -0.3 is 28.5 Å². The number of ketones is 1. The maximum absolute atomic E-state index is 13.1. The Labute approximate surface area is 307 Å². The molecule has 0 N–H and O–H groups in total. The van der Waals surface area contributed by atoms with Crippen molar-refractivity contribution in [3.8, 4) is 23.0 Å². The normalized spacial score (nSPS) is 12.9. The van der Waals surface area contributed by atoms with Crippen molar-refractivity contribution in [2.75, 3.05) is 28.4 Å². The van der Waals surface area contributed by atoms with Crippen LogP contribution in [-0.4, -0.2) is 71.5 Å². The number of ether oxygens (including phenoxy) is 5. The van der Waals surface area contributed by atoms with Gasteiger partial charge in [-0.15, -0.1) is 5.06 Å². The van der Waals surface area contributed by atoms with Gasteiger partial charge in [0.2, 0.25) is 0 Å². The van der Waals surface area contributed by atoms with E-state index >= 15 is 0 Å². The van der Waals surface area contributed by atoms with E-state index < -0.39 is 33.6 Å². The van der Waals surface area contributed by atoms with Gasteiger partial charge >= 0.3 is 11.9 Å². The number of sulfone groups is 1. The van der Waals surface area contributed by atoms with Crippen molar-refractivity contribution < 1.29 is 60.9 Å². The molecule has 282 valence electrons. The molecule has 0 spiro atoms. The summed E-state index contributed by atoms with van der Waals surface area (Å²) in [5.74, 6) is -1.27. The quantitative estimate of drug-likeness (QED) is 0.124. The van der Waals surface area contributed by atoms with Gasteiger partial charge in [-0.05, 0) is 35.3 Å². The van der Waals surface area contributed by atoms with E-state index in [1.165, 1.54) is 34.5 Å². The third-order valence-electron chi connectivity index (χ3n) is 8.10. The number of esters is 1. The van der Waals surface area contributed by atoms with Crippen molar-refractivity contribution >= 4 is 45.4 Å². The maximum atomic E-state index is 13.1. The van der Waals surface area contributed by atoms with Crippen LogP contribution < -0.4 is 18.9 Å². The molecule has 14 nitrogen and oxygen atoms in total. The van der Waals surface area contributed by atoms with E-state index in [2.05, 4.69) is 0 Å². The van der Waals surface area contributed by atoms with E-state index in [9.17, 15) is 32.4 Å². The summed E-state index contributed by atoms with van der Waals surface area (Å²) in [5.41, 5.74) is 2.73. The smallest absolute Gasteiger partial charge is 0.333 e. The standard InChI is InChI=1S/C38H41NO13S/c1-47-30-21-33(49-3)31(34(22-30)50-4)16-17-53(45,46)24-27-12-13-32(48-2)28(18-27)20-38(44)51-23-26-10-8-25(9-11-26)19-29(40)6-5-7-37(43)52-39-35(41)14-15-36(39)42/h8-13,16-18,21-22H,5-7,14-15,19-20,23-24H2,1-4H3/b17-16+. The molecule has 3 aromatic rings. The minimum Gasteiger partial charge on any atom is -0.496 e. The summed E-state index contributed by atoms with van der Waals surface area (Å²) in [7, 11) is 2.07. The predicted octanol–water partition coefficient (Wildman–Crippen LogP) is 4.48. The summed E-state index contributed by atoms with van der Waals surface area (Å²) in [4.78, 5) is 65.1. The summed E-state index contributed by atoms with van der Waals surface area (Å²) in [6, 6.07) is 15.0. The third kappa shape index (κ3) is 11.7. The number of Topliss-reactive ketones (excluding diaryl/α,β-unsaturated/α-hetero) is 1. The lowest BCUT2D eigenvalue weighted by Gasteiger charge is -2.13. The van der Waals surface area contributed by atoms with Crippen molar-refractivity contribution in [2.45, 2.75) is 57.3 Å². The molecular formula is C38H41NO13S. The first kappa shape index (κ1) is 40.1. The Morgan fingerprint density at radius 3 is 1.92 bits per heavy atom. The molecule has 2 amide bonds. The Bertz CT molecular complexity index is 1930. The molecule has 1 aliphatic heterocycles. The Hall–Kier alpha value is -5.70. The van der Waals surface area contributed by atoms with E-state index in [0.717, 1.165) is 11.0 Å². The van der Waals surface area contributed by atoms with Gasteiger partial charge in [0.25, 0.3) is 11.8 Å². The van der Waals surface area contributed by atoms with Gasteiger partial charge in [0.05, 0.1) is 46.2 Å². The molecule has 15 heteroatoms. The lowest BCUT2D eigenvalue weighted by atomic mass is 10.0. The fourth-order valence-electron chi connectivity index (χ4n) is 5.38. The lowest BCUT2D eigenvalue weighted by Crippen LogP contribution is -2.32. The first-order valence-corrected chi connectivity index (χ1v) is 18.2. The summed E-state index contributed by atoms with van der Waals surface area (Å²) in [5, 5.41) is 1.55. The summed E-state index contributed by atoms with van der Waals surface area (Å²) in [6.45, 7) is -0.0311. The number of carbonyl (C=O) groups is 5. The van der Waals surface area contributed by atoms with Gasteiger partial charge in [0.1, 0.15) is 35.4 Å². The lowest BCUT2D eigenvalue weighted by molar-refractivity contribution is -0.197. The van der Waals surface area contributed by atoms with Crippen molar-refractivity contribution in [2.24, 2.45) is 0 Å². The molecule has 0 aliphatic carbocycles. The molecule has 53 heavy (non-hydrogen) atoms. The number of hydrogen-bond acceptors (Lipinski definition) is 13. The Morgan fingerprint density at radius 2 is 1.32 bits per heavy atom. The summed E-state index contributed by atoms with van der Waals surface area (Å²) < 4.78 is 53.1. The van der Waals surface area contributed by atoms with Crippen LogP contribution in [0.25, 0.3) is 6.08 Å². The highest BCUT2D eigenvalue weighted by Crippen LogP contribution is 2.35. The number of carbonyl (C=O) groups excluding carboxylic acids is 5. The molecule has 0 bridgehead atoms. The van der Waals surface area contributed by atoms with Gasteiger partial charge in [0, 0.05) is 55.2 Å². The molecule has 0 atom stereocenters. The van der Waals surface area contributed by atoms with E-state index in [0.29, 0.717) is 50.3 Å². The van der Waals surface area contributed by atoms with Crippen LogP contribution in [0.4, 0.5) is 0 Å². The highest BCUT2D eigenvalue weighted by Gasteiger charge is 2.32. The molecule has 1 heterocycles. The van der Waals surface area contributed by atoms with Crippen molar-refractivity contribution in [3.05, 3.63) is 87.8 Å². The van der Waals surface area contributed by atoms with Crippen molar-refractivity contribution in [1.82, 2.24) is 5.06 Å². The minimum atomic E-state index is -3.78. The Morgan fingerprint density at radius 1 is 0.717 bits per heavy atom. The molecule has 0 saturated carbocycles. The number of rotatable bonds is 19. The van der Waals surface area contributed by atoms with E-state index in [1.54, 1.807) is 54.6 Å². The third-order valence-corrected chi connectivity index (χ3v) is 9.39. The number of amides is 2. The SMILES string of the molecule is COc1cc(OC)c(/C=C/S(=O)(=O)Cc2ccc(OC)c(CC(=O)OCc3ccc(CC(=O)CCCC(=O)ON4C(=O)CCC4=O)cc3)c2)c(OC)c1. The monoisotopic (exact) mass is 751 g/mol. The van der Waals surface area contributed by atoms with Crippen LogP contribution in [0.2, 0.25) is 0 Å². The zero-order valence-electron chi connectivity index (χ0n) is 29.9. The van der Waals surface area contributed by atoms with Crippen LogP contribution in [-0.2, 0) is 68.6 Å². The summed E-state index contributed by atoms with van der Waals surface area (Å²) in [6.07, 6.45) is 1.57. The van der Waals surface area contributed by atoms with Crippen molar-refractivity contribution in [1.29, 1.82) is 0 Å². The highest BCUT2D eigenvalue weighted by atomic mass is 32.2. The van der Waals surface area contributed by atoms with Gasteiger partial charge in [0.15, 0.2) is 9.84 Å². The van der Waals surface area contributed by atoms with E-state index in [-0.39, 0.29) is 63.1 Å². The maximum Gasteiger partial charge on any atom is 0.333 e. The zero-order valence-corrected chi connectivity index (χ0v) is 30.7. The fraction of sp³-hybridized carbons (Fsp3) is 0.342. The van der Waals surface area contributed by atoms with Gasteiger partial charge in [-0.1, -0.05) is 36.4 Å². The second-order valence-electron chi connectivity index (χ2n) is 12.0. The number of hydrogen-bond donors (Lipinski definition) is 0. The average Bonchev–Trinajstić information content (AvgIpc) is 3.45. The van der Waals surface area contributed by atoms with Crippen LogP contribution in [0.3, 0.4) is 0 Å². The molecule has 3 aromatic carbocycles. The second kappa shape index (κ2) is 18.7. The van der Waals surface area contributed by atoms with Gasteiger partial charge in [-0.3, -0.25) is 19.2 Å². The molecule has 0 aromatic heterocycles. The number of imide groups is 1. The minimum absolute atomic E-state index is 0.00633. The first-order valence-electron chi connectivity index (χ1n) is 16.5. The fourth-order valence-corrected chi connectivity index (χ4v) is 6.47. The number of methoxy groups -OCH3 is 4. The predicted molar refractivity (Wildman–Crippen MR) is 190 cm³/mol. The van der Waals surface area contributed by atoms with Gasteiger partial charge in [-0.2, -0.15) is 0 Å².